The number of methoxy groups -OCH3 is 1. The number of carbonyl (C=O) groups excluding carboxylic acids is 1. The molecule has 0 spiro atoms. The van der Waals surface area contributed by atoms with Gasteiger partial charge < -0.3 is 9.47 Å². The molecule has 0 bridgehead atoms. The minimum absolute atomic E-state index is 0.0268. The van der Waals surface area contributed by atoms with Gasteiger partial charge >= 0.3 is 12.8 Å². The average molecular weight is 372 g/mol. The maximum absolute atomic E-state index is 12.7. The minimum atomic E-state index is -4.55. The lowest BCUT2D eigenvalue weighted by Gasteiger charge is -2.10. The normalized spacial score (nSPS) is 11.8. The quantitative estimate of drug-likeness (QED) is 0.397. The molecule has 0 aliphatic carbocycles. The van der Waals surface area contributed by atoms with Crippen LogP contribution in [0.1, 0.15) is 21.5 Å². The molecule has 3 nitrogen and oxygen atoms in total. The van der Waals surface area contributed by atoms with Crippen LogP contribution in [-0.4, -0.2) is 19.5 Å². The second kappa shape index (κ2) is 7.99. The molecule has 2 aromatic carbocycles. The molecule has 0 aliphatic heterocycles. The van der Waals surface area contributed by atoms with Crippen molar-refractivity contribution in [2.75, 3.05) is 7.11 Å². The van der Waals surface area contributed by atoms with E-state index in [0.29, 0.717) is 5.56 Å². The molecule has 0 aromatic heterocycles. The molecule has 2 rings (SSSR count). The summed E-state index contributed by atoms with van der Waals surface area (Å²) in [5.41, 5.74) is -0.628. The summed E-state index contributed by atoms with van der Waals surface area (Å²) >= 11 is 0. The van der Waals surface area contributed by atoms with Gasteiger partial charge in [0.1, 0.15) is 0 Å². The molecule has 0 aliphatic rings. The van der Waals surface area contributed by atoms with Gasteiger partial charge in [0.05, 0.1) is 12.7 Å². The highest BCUT2D eigenvalue weighted by Crippen LogP contribution is 2.31. The van der Waals surface area contributed by atoms with Crippen LogP contribution in [0, 0.1) is 0 Å². The molecule has 8 heteroatoms. The summed E-state index contributed by atoms with van der Waals surface area (Å²) < 4.78 is 71.8. The Balaban J connectivity index is 2.20. The lowest BCUT2D eigenvalue weighted by molar-refractivity contribution is -0.137. The van der Waals surface area contributed by atoms with Gasteiger partial charge in [-0.25, -0.2) is 0 Å². The Hall–Kier alpha value is -2.90. The zero-order valence-electron chi connectivity index (χ0n) is 13.4. The van der Waals surface area contributed by atoms with Crippen molar-refractivity contribution in [3.05, 3.63) is 65.2 Å². The number of halogens is 5. The van der Waals surface area contributed by atoms with Crippen LogP contribution in [0.25, 0.3) is 6.08 Å². The Morgan fingerprint density at radius 1 is 1.08 bits per heavy atom. The van der Waals surface area contributed by atoms with Crippen molar-refractivity contribution < 1.29 is 36.2 Å². The van der Waals surface area contributed by atoms with Crippen LogP contribution in [0.2, 0.25) is 0 Å². The molecule has 2 aromatic rings. The van der Waals surface area contributed by atoms with Crippen molar-refractivity contribution in [3.8, 4) is 11.5 Å². The van der Waals surface area contributed by atoms with Gasteiger partial charge in [-0.15, -0.1) is 0 Å². The number of rotatable bonds is 6. The maximum Gasteiger partial charge on any atom is 0.416 e. The number of hydrogen-bond donors (Lipinski definition) is 0. The first-order valence-electron chi connectivity index (χ1n) is 7.23. The second-order valence-corrected chi connectivity index (χ2v) is 5.06. The highest BCUT2D eigenvalue weighted by molar-refractivity contribution is 6.06. The Morgan fingerprint density at radius 3 is 2.42 bits per heavy atom. The highest BCUT2D eigenvalue weighted by atomic mass is 19.4. The summed E-state index contributed by atoms with van der Waals surface area (Å²) in [7, 11) is 1.26. The number of hydrogen-bond acceptors (Lipinski definition) is 3. The second-order valence-electron chi connectivity index (χ2n) is 5.06. The van der Waals surface area contributed by atoms with E-state index in [9.17, 15) is 26.7 Å². The van der Waals surface area contributed by atoms with Crippen LogP contribution in [0.15, 0.2) is 48.5 Å². The predicted octanol–water partition coefficient (Wildman–Crippen LogP) is 5.21. The van der Waals surface area contributed by atoms with E-state index >= 15 is 0 Å². The van der Waals surface area contributed by atoms with Crippen molar-refractivity contribution in [2.24, 2.45) is 0 Å². The molecular weight excluding hydrogens is 359 g/mol. The van der Waals surface area contributed by atoms with Crippen LogP contribution >= 0.6 is 0 Å². The molecule has 0 unspecified atom stereocenters. The van der Waals surface area contributed by atoms with E-state index in [1.54, 1.807) is 0 Å². The van der Waals surface area contributed by atoms with E-state index in [2.05, 4.69) is 4.74 Å². The summed E-state index contributed by atoms with van der Waals surface area (Å²) in [5.74, 6) is -0.786. The van der Waals surface area contributed by atoms with Crippen molar-refractivity contribution >= 4 is 11.9 Å². The summed E-state index contributed by atoms with van der Waals surface area (Å²) in [6.07, 6.45) is -2.14. The maximum atomic E-state index is 12.7. The van der Waals surface area contributed by atoms with Crippen molar-refractivity contribution in [1.82, 2.24) is 0 Å². The number of ether oxygens (including phenoxy) is 2. The first-order valence-corrected chi connectivity index (χ1v) is 7.23. The van der Waals surface area contributed by atoms with Gasteiger partial charge in [0.15, 0.2) is 17.3 Å². The Morgan fingerprint density at radius 2 is 1.81 bits per heavy atom. The smallest absolute Gasteiger partial charge is 0.416 e. The zero-order chi connectivity index (χ0) is 19.3. The van der Waals surface area contributed by atoms with Crippen molar-refractivity contribution in [2.45, 2.75) is 12.8 Å². The predicted molar refractivity (Wildman–Crippen MR) is 84.4 cm³/mol. The first-order chi connectivity index (χ1) is 12.2. The van der Waals surface area contributed by atoms with Crippen LogP contribution < -0.4 is 9.47 Å². The molecule has 0 atom stereocenters. The van der Waals surface area contributed by atoms with Crippen LogP contribution in [0.4, 0.5) is 22.0 Å². The van der Waals surface area contributed by atoms with E-state index < -0.39 is 24.1 Å². The highest BCUT2D eigenvalue weighted by Gasteiger charge is 2.30. The molecule has 0 saturated heterocycles. The number of alkyl halides is 5. The van der Waals surface area contributed by atoms with E-state index in [1.165, 1.54) is 37.5 Å². The fourth-order valence-electron chi connectivity index (χ4n) is 2.10. The summed E-state index contributed by atoms with van der Waals surface area (Å²) in [6.45, 7) is -3.02. The molecule has 0 saturated carbocycles. The van der Waals surface area contributed by atoms with Crippen LogP contribution in [-0.2, 0) is 6.18 Å². The molecule has 0 amide bonds. The average Bonchev–Trinajstić information content (AvgIpc) is 2.59. The number of allylic oxidation sites excluding steroid dienone is 1. The Labute approximate surface area is 145 Å². The van der Waals surface area contributed by atoms with Gasteiger partial charge in [0, 0.05) is 5.56 Å². The molecule has 0 fully saturated rings. The fourth-order valence-corrected chi connectivity index (χ4v) is 2.10. The van der Waals surface area contributed by atoms with Crippen molar-refractivity contribution in [1.29, 1.82) is 0 Å². The van der Waals surface area contributed by atoms with E-state index in [4.69, 9.17) is 4.74 Å². The van der Waals surface area contributed by atoms with E-state index in [1.807, 2.05) is 0 Å². The lowest BCUT2D eigenvalue weighted by atomic mass is 10.1. The topological polar surface area (TPSA) is 35.5 Å². The van der Waals surface area contributed by atoms with Crippen LogP contribution in [0.5, 0.6) is 11.5 Å². The van der Waals surface area contributed by atoms with E-state index in [-0.39, 0.29) is 17.1 Å². The fraction of sp³-hybridized carbons (Fsp3) is 0.167. The molecule has 0 heterocycles. The van der Waals surface area contributed by atoms with Crippen molar-refractivity contribution in [3.63, 3.8) is 0 Å². The zero-order valence-corrected chi connectivity index (χ0v) is 13.4. The SMILES string of the molecule is COc1cc(C=CC(=O)c2cccc(C(F)(F)F)c2)ccc1OC(F)F. The van der Waals surface area contributed by atoms with Crippen LogP contribution in [0.3, 0.4) is 0 Å². The molecule has 0 N–H and O–H groups in total. The third kappa shape index (κ3) is 5.05. The van der Waals surface area contributed by atoms with Gasteiger partial charge in [-0.1, -0.05) is 24.3 Å². The Bertz CT molecular complexity index is 813. The number of benzene rings is 2. The first kappa shape index (κ1) is 19.4. The third-order valence-electron chi connectivity index (χ3n) is 3.31. The van der Waals surface area contributed by atoms with E-state index in [0.717, 1.165) is 24.3 Å². The number of carbonyl (C=O) groups is 1. The molecule has 0 radical (unpaired) electrons. The summed E-state index contributed by atoms with van der Waals surface area (Å²) in [6, 6.07) is 8.02. The summed E-state index contributed by atoms with van der Waals surface area (Å²) in [4.78, 5) is 12.1. The Kier molecular flexibility index (Phi) is 5.97. The van der Waals surface area contributed by atoms with Gasteiger partial charge in [-0.05, 0) is 35.9 Å². The monoisotopic (exact) mass is 372 g/mol. The minimum Gasteiger partial charge on any atom is -0.493 e. The van der Waals surface area contributed by atoms with Gasteiger partial charge in [-0.2, -0.15) is 22.0 Å². The largest absolute Gasteiger partial charge is 0.493 e. The van der Waals surface area contributed by atoms with Gasteiger partial charge in [0.25, 0.3) is 0 Å². The molecule has 26 heavy (non-hydrogen) atoms. The van der Waals surface area contributed by atoms with Gasteiger partial charge in [-0.3, -0.25) is 4.79 Å². The summed E-state index contributed by atoms with van der Waals surface area (Å²) in [5, 5.41) is 0. The third-order valence-corrected chi connectivity index (χ3v) is 3.31. The molecule has 138 valence electrons. The van der Waals surface area contributed by atoms with Gasteiger partial charge in [0.2, 0.25) is 0 Å². The lowest BCUT2D eigenvalue weighted by Crippen LogP contribution is -2.06. The standard InChI is InChI=1S/C18H13F5O3/c1-25-16-9-11(6-8-15(16)26-17(19)20)5-7-14(24)12-3-2-4-13(10-12)18(21,22)23/h2-10,17H,1H3. The number of ketones is 1. The molecular formula is C18H13F5O3.